The van der Waals surface area contributed by atoms with Crippen molar-refractivity contribution in [1.82, 2.24) is 20.2 Å². The van der Waals surface area contributed by atoms with Crippen molar-refractivity contribution in [3.63, 3.8) is 0 Å². The van der Waals surface area contributed by atoms with Gasteiger partial charge in [0.25, 0.3) is 0 Å². The summed E-state index contributed by atoms with van der Waals surface area (Å²) >= 11 is 9.17. The molecule has 0 bridgehead atoms. The maximum Gasteiger partial charge on any atom is 0.234 e. The molecule has 0 aliphatic heterocycles. The van der Waals surface area contributed by atoms with Gasteiger partial charge in [-0.2, -0.15) is 15.1 Å². The molecular formula is C11H6BrClN4O. The molecule has 0 saturated carbocycles. The number of hydrogen-bond acceptors (Lipinski definition) is 4. The predicted octanol–water partition coefficient (Wildman–Crippen LogP) is 3.56. The molecule has 90 valence electrons. The number of hydrogen-bond donors (Lipinski definition) is 1. The Bertz CT molecular complexity index is 698. The summed E-state index contributed by atoms with van der Waals surface area (Å²) in [6.07, 6.45) is 1.60. The zero-order valence-corrected chi connectivity index (χ0v) is 11.2. The summed E-state index contributed by atoms with van der Waals surface area (Å²) in [4.78, 5) is 8.05. The summed E-state index contributed by atoms with van der Waals surface area (Å²) in [5.74, 6) is 1.04. The smallest absolute Gasteiger partial charge is 0.234 e. The Morgan fingerprint density at radius 1 is 1.17 bits per heavy atom. The SMILES string of the molecule is Clc1nc(Oc2ccc(Br)cc2)c2cn[nH]c2n1. The minimum Gasteiger partial charge on any atom is -0.438 e. The van der Waals surface area contributed by atoms with E-state index >= 15 is 0 Å². The first-order valence-corrected chi connectivity index (χ1v) is 6.19. The molecule has 3 rings (SSSR count). The van der Waals surface area contributed by atoms with Crippen molar-refractivity contribution >= 4 is 38.6 Å². The Kier molecular flexibility index (Phi) is 2.89. The summed E-state index contributed by atoms with van der Waals surface area (Å²) in [7, 11) is 0. The molecule has 0 saturated heterocycles. The number of rotatable bonds is 2. The van der Waals surface area contributed by atoms with Gasteiger partial charge in [-0.15, -0.1) is 0 Å². The maximum atomic E-state index is 5.81. The van der Waals surface area contributed by atoms with Crippen molar-refractivity contribution in [2.45, 2.75) is 0 Å². The average Bonchev–Trinajstić information content (AvgIpc) is 2.80. The molecule has 1 N–H and O–H groups in total. The zero-order chi connectivity index (χ0) is 12.5. The van der Waals surface area contributed by atoms with Crippen LogP contribution in [0.15, 0.2) is 34.9 Å². The lowest BCUT2D eigenvalue weighted by molar-refractivity contribution is 0.468. The summed E-state index contributed by atoms with van der Waals surface area (Å²) < 4.78 is 6.65. The molecular weight excluding hydrogens is 320 g/mol. The van der Waals surface area contributed by atoms with Gasteiger partial charge in [0.1, 0.15) is 11.1 Å². The first-order valence-electron chi connectivity index (χ1n) is 5.02. The summed E-state index contributed by atoms with van der Waals surface area (Å²) in [6, 6.07) is 7.41. The lowest BCUT2D eigenvalue weighted by atomic mass is 10.3. The van der Waals surface area contributed by atoms with Crippen LogP contribution in [-0.2, 0) is 0 Å². The van der Waals surface area contributed by atoms with E-state index in [0.717, 1.165) is 4.47 Å². The number of H-pyrrole nitrogens is 1. The Labute approximate surface area is 115 Å². The minimum absolute atomic E-state index is 0.110. The van der Waals surface area contributed by atoms with Gasteiger partial charge >= 0.3 is 0 Å². The molecule has 0 fully saturated rings. The van der Waals surface area contributed by atoms with Crippen LogP contribution < -0.4 is 4.74 Å². The average molecular weight is 326 g/mol. The number of benzene rings is 1. The van der Waals surface area contributed by atoms with E-state index in [0.29, 0.717) is 22.7 Å². The maximum absolute atomic E-state index is 5.81. The van der Waals surface area contributed by atoms with Crippen molar-refractivity contribution in [2.75, 3.05) is 0 Å². The molecule has 2 aromatic heterocycles. The number of nitrogens with one attached hydrogen (secondary N) is 1. The predicted molar refractivity (Wildman–Crippen MR) is 70.9 cm³/mol. The molecule has 0 amide bonds. The minimum atomic E-state index is 0.110. The van der Waals surface area contributed by atoms with Gasteiger partial charge in [-0.3, -0.25) is 5.10 Å². The quantitative estimate of drug-likeness (QED) is 0.732. The van der Waals surface area contributed by atoms with Gasteiger partial charge in [0, 0.05) is 4.47 Å². The van der Waals surface area contributed by atoms with Gasteiger partial charge < -0.3 is 4.74 Å². The molecule has 0 aliphatic carbocycles. The van der Waals surface area contributed by atoms with Crippen molar-refractivity contribution in [1.29, 1.82) is 0 Å². The topological polar surface area (TPSA) is 63.7 Å². The van der Waals surface area contributed by atoms with Crippen LogP contribution in [0.5, 0.6) is 11.6 Å². The van der Waals surface area contributed by atoms with Crippen LogP contribution in [0, 0.1) is 0 Å². The van der Waals surface area contributed by atoms with Crippen LogP contribution in [0.2, 0.25) is 5.28 Å². The Morgan fingerprint density at radius 3 is 2.72 bits per heavy atom. The first-order chi connectivity index (χ1) is 8.72. The number of nitrogens with zero attached hydrogens (tertiary/aromatic N) is 3. The van der Waals surface area contributed by atoms with Crippen molar-refractivity contribution < 1.29 is 4.74 Å². The number of aromatic nitrogens is 4. The number of fused-ring (bicyclic) bond motifs is 1. The van der Waals surface area contributed by atoms with Gasteiger partial charge in [-0.1, -0.05) is 15.9 Å². The third kappa shape index (κ3) is 2.16. The molecule has 0 aliphatic rings. The van der Waals surface area contributed by atoms with Crippen LogP contribution in [0.25, 0.3) is 11.0 Å². The fourth-order valence-corrected chi connectivity index (χ4v) is 1.90. The number of aromatic amines is 1. The molecule has 0 radical (unpaired) electrons. The monoisotopic (exact) mass is 324 g/mol. The van der Waals surface area contributed by atoms with E-state index in [4.69, 9.17) is 16.3 Å². The highest BCUT2D eigenvalue weighted by Crippen LogP contribution is 2.27. The fourth-order valence-electron chi connectivity index (χ4n) is 1.47. The lowest BCUT2D eigenvalue weighted by Gasteiger charge is -2.05. The second-order valence-electron chi connectivity index (χ2n) is 3.49. The molecule has 5 nitrogen and oxygen atoms in total. The second kappa shape index (κ2) is 4.55. The Balaban J connectivity index is 2.03. The van der Waals surface area contributed by atoms with Gasteiger partial charge in [0.2, 0.25) is 11.2 Å². The van der Waals surface area contributed by atoms with Crippen LogP contribution in [0.3, 0.4) is 0 Å². The molecule has 0 unspecified atom stereocenters. The Morgan fingerprint density at radius 2 is 1.94 bits per heavy atom. The number of ether oxygens (including phenoxy) is 1. The van der Waals surface area contributed by atoms with Gasteiger partial charge in [0.15, 0.2) is 5.65 Å². The van der Waals surface area contributed by atoms with Crippen LogP contribution in [0.4, 0.5) is 0 Å². The van der Waals surface area contributed by atoms with E-state index < -0.39 is 0 Å². The molecule has 1 aromatic carbocycles. The molecule has 0 atom stereocenters. The zero-order valence-electron chi connectivity index (χ0n) is 8.89. The van der Waals surface area contributed by atoms with E-state index in [-0.39, 0.29) is 5.28 Å². The van der Waals surface area contributed by atoms with Gasteiger partial charge in [-0.05, 0) is 35.9 Å². The highest BCUT2D eigenvalue weighted by molar-refractivity contribution is 9.10. The molecule has 2 heterocycles. The largest absolute Gasteiger partial charge is 0.438 e. The fraction of sp³-hybridized carbons (Fsp3) is 0. The van der Waals surface area contributed by atoms with E-state index in [1.165, 1.54) is 0 Å². The van der Waals surface area contributed by atoms with Gasteiger partial charge in [-0.25, -0.2) is 0 Å². The van der Waals surface area contributed by atoms with Crippen molar-refractivity contribution in [3.8, 4) is 11.6 Å². The van der Waals surface area contributed by atoms with E-state index in [1.54, 1.807) is 6.20 Å². The highest BCUT2D eigenvalue weighted by atomic mass is 79.9. The molecule has 3 aromatic rings. The van der Waals surface area contributed by atoms with Crippen LogP contribution >= 0.6 is 27.5 Å². The summed E-state index contributed by atoms with van der Waals surface area (Å²) in [6.45, 7) is 0. The third-order valence-corrected chi connectivity index (χ3v) is 2.97. The van der Waals surface area contributed by atoms with E-state index in [1.807, 2.05) is 24.3 Å². The highest BCUT2D eigenvalue weighted by Gasteiger charge is 2.10. The normalized spacial score (nSPS) is 10.8. The van der Waals surface area contributed by atoms with E-state index in [2.05, 4.69) is 36.1 Å². The Hall–Kier alpha value is -1.66. The van der Waals surface area contributed by atoms with E-state index in [9.17, 15) is 0 Å². The van der Waals surface area contributed by atoms with Gasteiger partial charge in [0.05, 0.1) is 6.20 Å². The van der Waals surface area contributed by atoms with Crippen LogP contribution in [-0.4, -0.2) is 20.2 Å². The van der Waals surface area contributed by atoms with Crippen molar-refractivity contribution in [2.24, 2.45) is 0 Å². The summed E-state index contributed by atoms with van der Waals surface area (Å²) in [5.41, 5.74) is 0.544. The standard InChI is InChI=1S/C11H6BrClN4O/c12-6-1-3-7(4-2-6)18-10-8-5-14-17-9(8)15-11(13)16-10/h1-5H,(H,14,15,16,17). The first kappa shape index (κ1) is 11.4. The van der Waals surface area contributed by atoms with Crippen molar-refractivity contribution in [3.05, 3.63) is 40.2 Å². The molecule has 7 heteroatoms. The third-order valence-electron chi connectivity index (χ3n) is 2.28. The summed E-state index contributed by atoms with van der Waals surface area (Å²) in [5, 5.41) is 7.40. The molecule has 0 spiro atoms. The second-order valence-corrected chi connectivity index (χ2v) is 4.74. The lowest BCUT2D eigenvalue weighted by Crippen LogP contribution is -1.91. The number of halogens is 2. The van der Waals surface area contributed by atoms with Crippen LogP contribution in [0.1, 0.15) is 0 Å². The molecule has 18 heavy (non-hydrogen) atoms.